The summed E-state index contributed by atoms with van der Waals surface area (Å²) in [4.78, 5) is 13.1. The summed E-state index contributed by atoms with van der Waals surface area (Å²) in [7, 11) is 3.92. The van der Waals surface area contributed by atoms with E-state index < -0.39 is 5.97 Å². The number of likely N-dealkylation sites (N-methyl/N-ethyl adjacent to an activating group) is 1. The highest BCUT2D eigenvalue weighted by Gasteiger charge is 2.22. The first-order valence-corrected chi connectivity index (χ1v) is 6.36. The average molecular weight is 316 g/mol. The quantitative estimate of drug-likeness (QED) is 0.907. The Labute approximate surface area is 116 Å². The van der Waals surface area contributed by atoms with Crippen molar-refractivity contribution in [2.24, 2.45) is 0 Å². The zero-order chi connectivity index (χ0) is 13.9. The second-order valence-corrected chi connectivity index (χ2v) is 5.86. The molecule has 0 aliphatic heterocycles. The van der Waals surface area contributed by atoms with Gasteiger partial charge in [-0.25, -0.2) is 4.79 Å². The molecule has 18 heavy (non-hydrogen) atoms. The first-order valence-electron chi connectivity index (χ1n) is 5.57. The van der Waals surface area contributed by atoms with Crippen LogP contribution < -0.4 is 4.74 Å². The van der Waals surface area contributed by atoms with Crippen LogP contribution >= 0.6 is 15.9 Å². The van der Waals surface area contributed by atoms with Gasteiger partial charge in [0.1, 0.15) is 17.9 Å². The number of hydrogen-bond acceptors (Lipinski definition) is 3. The molecule has 0 bridgehead atoms. The molecule has 1 rings (SSSR count). The summed E-state index contributed by atoms with van der Waals surface area (Å²) in [6, 6.07) is 4.90. The van der Waals surface area contributed by atoms with E-state index in [0.717, 1.165) is 4.47 Å². The number of benzene rings is 1. The molecule has 1 aromatic rings. The number of aromatic carboxylic acids is 1. The topological polar surface area (TPSA) is 49.8 Å². The van der Waals surface area contributed by atoms with Gasteiger partial charge in [-0.15, -0.1) is 0 Å². The van der Waals surface area contributed by atoms with Gasteiger partial charge in [0, 0.05) is 10.0 Å². The van der Waals surface area contributed by atoms with Crippen LogP contribution in [0.3, 0.4) is 0 Å². The Kier molecular flexibility index (Phi) is 4.76. The van der Waals surface area contributed by atoms with Gasteiger partial charge in [-0.05, 0) is 46.1 Å². The van der Waals surface area contributed by atoms with Crippen LogP contribution in [0.2, 0.25) is 0 Å². The monoisotopic (exact) mass is 315 g/mol. The van der Waals surface area contributed by atoms with Crippen LogP contribution in [0.15, 0.2) is 22.7 Å². The van der Waals surface area contributed by atoms with Gasteiger partial charge in [-0.2, -0.15) is 0 Å². The fourth-order valence-corrected chi connectivity index (χ4v) is 1.52. The summed E-state index contributed by atoms with van der Waals surface area (Å²) >= 11 is 3.31. The number of carboxylic acid groups (broad SMARTS) is 1. The number of rotatable bonds is 5. The fourth-order valence-electron chi connectivity index (χ4n) is 1.18. The van der Waals surface area contributed by atoms with Crippen molar-refractivity contribution in [3.63, 3.8) is 0 Å². The molecule has 5 heteroatoms. The van der Waals surface area contributed by atoms with Crippen LogP contribution in [0.25, 0.3) is 0 Å². The summed E-state index contributed by atoms with van der Waals surface area (Å²) in [6.45, 7) is 4.48. The number of nitrogens with zero attached hydrogens (tertiary/aromatic N) is 1. The maximum absolute atomic E-state index is 11.1. The Balaban J connectivity index is 2.90. The van der Waals surface area contributed by atoms with E-state index in [1.807, 2.05) is 32.8 Å². The van der Waals surface area contributed by atoms with E-state index in [9.17, 15) is 4.79 Å². The average Bonchev–Trinajstić information content (AvgIpc) is 2.26. The Hall–Kier alpha value is -1.07. The van der Waals surface area contributed by atoms with E-state index in [-0.39, 0.29) is 11.1 Å². The molecule has 1 N–H and O–H groups in total. The molecule has 0 radical (unpaired) electrons. The van der Waals surface area contributed by atoms with Gasteiger partial charge in [0.25, 0.3) is 0 Å². The predicted octanol–water partition coefficient (Wildman–Crippen LogP) is 2.87. The standard InChI is InChI=1S/C13H18BrNO3/c1-13(2,15(3)4)8-18-11-7-9(14)5-6-10(11)12(16)17/h5-7H,8H2,1-4H3,(H,16,17). The second-order valence-electron chi connectivity index (χ2n) is 4.94. The number of carbonyl (C=O) groups is 1. The molecule has 0 unspecified atom stereocenters. The van der Waals surface area contributed by atoms with E-state index in [2.05, 4.69) is 15.9 Å². The van der Waals surface area contributed by atoms with Gasteiger partial charge in [-0.3, -0.25) is 0 Å². The lowest BCUT2D eigenvalue weighted by Crippen LogP contribution is -2.43. The lowest BCUT2D eigenvalue weighted by molar-refractivity contribution is 0.0684. The molecular formula is C13H18BrNO3. The van der Waals surface area contributed by atoms with Gasteiger partial charge in [-0.1, -0.05) is 15.9 Å². The number of halogens is 1. The van der Waals surface area contributed by atoms with E-state index >= 15 is 0 Å². The maximum atomic E-state index is 11.1. The molecule has 0 atom stereocenters. The fraction of sp³-hybridized carbons (Fsp3) is 0.462. The molecule has 0 fully saturated rings. The predicted molar refractivity (Wildman–Crippen MR) is 74.4 cm³/mol. The van der Waals surface area contributed by atoms with Crippen LogP contribution in [0.1, 0.15) is 24.2 Å². The summed E-state index contributed by atoms with van der Waals surface area (Å²) in [5, 5.41) is 9.09. The van der Waals surface area contributed by atoms with Crippen molar-refractivity contribution in [1.82, 2.24) is 4.90 Å². The van der Waals surface area contributed by atoms with Gasteiger partial charge < -0.3 is 14.7 Å². The highest BCUT2D eigenvalue weighted by atomic mass is 79.9. The first kappa shape index (κ1) is 15.0. The number of ether oxygens (including phenoxy) is 1. The van der Waals surface area contributed by atoms with Crippen molar-refractivity contribution in [2.75, 3.05) is 20.7 Å². The molecule has 0 amide bonds. The lowest BCUT2D eigenvalue weighted by Gasteiger charge is -2.32. The van der Waals surface area contributed by atoms with Crippen LogP contribution in [0.4, 0.5) is 0 Å². The summed E-state index contributed by atoms with van der Waals surface area (Å²) in [6.07, 6.45) is 0. The minimum atomic E-state index is -0.986. The molecule has 0 aromatic heterocycles. The van der Waals surface area contributed by atoms with E-state index in [4.69, 9.17) is 9.84 Å². The Morgan fingerprint density at radius 1 is 1.44 bits per heavy atom. The molecule has 0 saturated carbocycles. The van der Waals surface area contributed by atoms with Crippen molar-refractivity contribution in [1.29, 1.82) is 0 Å². The van der Waals surface area contributed by atoms with Gasteiger partial charge in [0.05, 0.1) is 0 Å². The molecule has 0 heterocycles. The molecular weight excluding hydrogens is 298 g/mol. The number of hydrogen-bond donors (Lipinski definition) is 1. The summed E-state index contributed by atoms with van der Waals surface area (Å²) in [5.74, 6) is -0.605. The summed E-state index contributed by atoms with van der Waals surface area (Å²) < 4.78 is 6.45. The van der Waals surface area contributed by atoms with Gasteiger partial charge in [0.2, 0.25) is 0 Å². The lowest BCUT2D eigenvalue weighted by atomic mass is 10.1. The van der Waals surface area contributed by atoms with E-state index in [1.165, 1.54) is 6.07 Å². The van der Waals surface area contributed by atoms with E-state index in [1.54, 1.807) is 12.1 Å². The molecule has 1 aromatic carbocycles. The Morgan fingerprint density at radius 3 is 2.56 bits per heavy atom. The molecule has 4 nitrogen and oxygen atoms in total. The second kappa shape index (κ2) is 5.71. The molecule has 0 aliphatic rings. The van der Waals surface area contributed by atoms with Gasteiger partial charge in [0.15, 0.2) is 0 Å². The maximum Gasteiger partial charge on any atom is 0.339 e. The van der Waals surface area contributed by atoms with Crippen molar-refractivity contribution >= 4 is 21.9 Å². The summed E-state index contributed by atoms with van der Waals surface area (Å²) in [5.41, 5.74) is 0.00529. The molecule has 0 aliphatic carbocycles. The van der Waals surface area contributed by atoms with E-state index in [0.29, 0.717) is 12.4 Å². The van der Waals surface area contributed by atoms with Gasteiger partial charge >= 0.3 is 5.97 Å². The zero-order valence-corrected chi connectivity index (χ0v) is 12.6. The third-order valence-corrected chi connectivity index (χ3v) is 3.46. The highest BCUT2D eigenvalue weighted by molar-refractivity contribution is 9.10. The molecule has 100 valence electrons. The van der Waals surface area contributed by atoms with Crippen LogP contribution in [0, 0.1) is 0 Å². The van der Waals surface area contributed by atoms with Crippen molar-refractivity contribution in [2.45, 2.75) is 19.4 Å². The smallest absolute Gasteiger partial charge is 0.339 e. The van der Waals surface area contributed by atoms with Crippen molar-refractivity contribution < 1.29 is 14.6 Å². The SMILES string of the molecule is CN(C)C(C)(C)COc1cc(Br)ccc1C(=O)O. The van der Waals surface area contributed by atoms with Crippen LogP contribution in [-0.4, -0.2) is 42.2 Å². The largest absolute Gasteiger partial charge is 0.491 e. The highest BCUT2D eigenvalue weighted by Crippen LogP contribution is 2.25. The van der Waals surface area contributed by atoms with Crippen LogP contribution in [0.5, 0.6) is 5.75 Å². The molecule has 0 spiro atoms. The van der Waals surface area contributed by atoms with Crippen LogP contribution in [-0.2, 0) is 0 Å². The number of carboxylic acids is 1. The third-order valence-electron chi connectivity index (χ3n) is 2.97. The van der Waals surface area contributed by atoms with Crippen molar-refractivity contribution in [3.05, 3.63) is 28.2 Å². The Morgan fingerprint density at radius 2 is 2.06 bits per heavy atom. The molecule has 0 saturated heterocycles. The van der Waals surface area contributed by atoms with Crippen molar-refractivity contribution in [3.8, 4) is 5.75 Å². The normalized spacial score (nSPS) is 11.7. The Bertz CT molecular complexity index is 444. The zero-order valence-electron chi connectivity index (χ0n) is 11.0. The third kappa shape index (κ3) is 3.71. The minimum absolute atomic E-state index is 0.169. The first-order chi connectivity index (χ1) is 8.24. The minimum Gasteiger partial charge on any atom is -0.491 e.